The zero-order valence-corrected chi connectivity index (χ0v) is 19.8. The molecule has 5 rings (SSSR count). The van der Waals surface area contributed by atoms with Crippen molar-refractivity contribution in [3.8, 4) is 5.75 Å². The quantitative estimate of drug-likeness (QED) is 0.226. The van der Waals surface area contributed by atoms with Crippen LogP contribution in [0.4, 0.5) is 5.69 Å². The minimum atomic E-state index is -0.808. The molecule has 0 radical (unpaired) electrons. The number of hydrogen-bond acceptors (Lipinski definition) is 4. The predicted molar refractivity (Wildman–Crippen MR) is 138 cm³/mol. The van der Waals surface area contributed by atoms with Gasteiger partial charge in [-0.05, 0) is 71.6 Å². The van der Waals surface area contributed by atoms with E-state index in [2.05, 4.69) is 0 Å². The molecule has 0 aliphatic carbocycles. The zero-order chi connectivity index (χ0) is 24.7. The van der Waals surface area contributed by atoms with Crippen molar-refractivity contribution < 1.29 is 19.4 Å². The third-order valence-corrected chi connectivity index (χ3v) is 6.36. The van der Waals surface area contributed by atoms with Crippen LogP contribution in [0.15, 0.2) is 90.5 Å². The van der Waals surface area contributed by atoms with E-state index in [9.17, 15) is 14.7 Å². The number of carbonyl (C=O) groups excluding carboxylic acids is 2. The minimum absolute atomic E-state index is 0.0534. The maximum atomic E-state index is 13.4. The standard InChI is InChI=1S/C30H25NO4/c1-18-13-19(2)15-24(14-18)31-27(22-9-6-10-25(17-22)35-3)26(29(33)30(31)34)28(32)23-12-11-20-7-4-5-8-21(20)16-23/h4-17,27,32H,1-3H3/b28-26-. The summed E-state index contributed by atoms with van der Waals surface area (Å²) >= 11 is 0. The van der Waals surface area contributed by atoms with Gasteiger partial charge in [0.25, 0.3) is 11.7 Å². The third-order valence-electron chi connectivity index (χ3n) is 6.36. The number of aliphatic hydroxyl groups excluding tert-OH is 1. The second-order valence-corrected chi connectivity index (χ2v) is 8.85. The van der Waals surface area contributed by atoms with Gasteiger partial charge in [-0.15, -0.1) is 0 Å². The van der Waals surface area contributed by atoms with Gasteiger partial charge in [-0.25, -0.2) is 0 Å². The zero-order valence-electron chi connectivity index (χ0n) is 19.8. The summed E-state index contributed by atoms with van der Waals surface area (Å²) in [5.74, 6) is -0.999. The monoisotopic (exact) mass is 463 g/mol. The Bertz CT molecular complexity index is 1500. The smallest absolute Gasteiger partial charge is 0.300 e. The Morgan fingerprint density at radius 3 is 2.26 bits per heavy atom. The fourth-order valence-electron chi connectivity index (χ4n) is 4.81. The Morgan fingerprint density at radius 1 is 0.829 bits per heavy atom. The molecule has 1 unspecified atom stereocenters. The molecule has 35 heavy (non-hydrogen) atoms. The van der Waals surface area contributed by atoms with E-state index in [0.717, 1.165) is 21.9 Å². The van der Waals surface area contributed by atoms with Gasteiger partial charge in [0, 0.05) is 11.3 Å². The summed E-state index contributed by atoms with van der Waals surface area (Å²) < 4.78 is 5.41. The van der Waals surface area contributed by atoms with Crippen LogP contribution in [-0.4, -0.2) is 23.9 Å². The lowest BCUT2D eigenvalue weighted by atomic mass is 9.94. The van der Waals surface area contributed by atoms with E-state index in [1.807, 2.05) is 80.6 Å². The van der Waals surface area contributed by atoms with Gasteiger partial charge in [0.1, 0.15) is 11.5 Å². The van der Waals surface area contributed by atoms with Gasteiger partial charge in [-0.1, -0.05) is 54.6 Å². The van der Waals surface area contributed by atoms with Crippen LogP contribution in [0.2, 0.25) is 0 Å². The van der Waals surface area contributed by atoms with Crippen LogP contribution in [0, 0.1) is 13.8 Å². The van der Waals surface area contributed by atoms with E-state index in [4.69, 9.17) is 4.74 Å². The number of amides is 1. The molecule has 1 amide bonds. The summed E-state index contributed by atoms with van der Waals surface area (Å²) in [5.41, 5.74) is 3.76. The minimum Gasteiger partial charge on any atom is -0.507 e. The molecule has 5 nitrogen and oxygen atoms in total. The number of methoxy groups -OCH3 is 1. The van der Waals surface area contributed by atoms with E-state index < -0.39 is 17.7 Å². The lowest BCUT2D eigenvalue weighted by molar-refractivity contribution is -0.132. The molecule has 1 atom stereocenters. The SMILES string of the molecule is COc1cccc(C2/C(=C(/O)c3ccc4ccccc4c3)C(=O)C(=O)N2c2cc(C)cc(C)c2)c1. The summed E-state index contributed by atoms with van der Waals surface area (Å²) in [5, 5.41) is 13.4. The molecule has 4 aromatic rings. The summed E-state index contributed by atoms with van der Waals surface area (Å²) in [7, 11) is 1.56. The number of aliphatic hydroxyl groups is 1. The Hall–Kier alpha value is -4.38. The van der Waals surface area contributed by atoms with Gasteiger partial charge in [-0.2, -0.15) is 0 Å². The first-order valence-electron chi connectivity index (χ1n) is 11.4. The van der Waals surface area contributed by atoms with Gasteiger partial charge in [0.2, 0.25) is 0 Å². The molecule has 0 aromatic heterocycles. The average molecular weight is 464 g/mol. The average Bonchev–Trinajstić information content (AvgIpc) is 3.13. The van der Waals surface area contributed by atoms with Crippen molar-refractivity contribution in [3.63, 3.8) is 0 Å². The lowest BCUT2D eigenvalue weighted by Crippen LogP contribution is -2.29. The number of rotatable bonds is 4. The van der Waals surface area contributed by atoms with Crippen molar-refractivity contribution >= 4 is 33.9 Å². The van der Waals surface area contributed by atoms with Crippen LogP contribution >= 0.6 is 0 Å². The maximum absolute atomic E-state index is 13.4. The number of carbonyl (C=O) groups is 2. The Kier molecular flexibility index (Phi) is 5.61. The number of benzene rings is 4. The van der Waals surface area contributed by atoms with Crippen molar-refractivity contribution in [2.24, 2.45) is 0 Å². The largest absolute Gasteiger partial charge is 0.507 e. The number of ketones is 1. The molecule has 4 aromatic carbocycles. The molecule has 1 aliphatic rings. The predicted octanol–water partition coefficient (Wildman–Crippen LogP) is 6.09. The highest BCUT2D eigenvalue weighted by Gasteiger charge is 2.47. The molecule has 0 bridgehead atoms. The molecule has 1 heterocycles. The van der Waals surface area contributed by atoms with Crippen LogP contribution in [0.5, 0.6) is 5.75 Å². The number of ether oxygens (including phenoxy) is 1. The number of Topliss-reactive ketones (excluding diaryl/α,β-unsaturated/α-hetero) is 1. The molecule has 1 fully saturated rings. The van der Waals surface area contributed by atoms with Crippen molar-refractivity contribution in [1.29, 1.82) is 0 Å². The fraction of sp³-hybridized carbons (Fsp3) is 0.133. The normalized spacial score (nSPS) is 17.2. The summed E-state index contributed by atoms with van der Waals surface area (Å²) in [6, 6.07) is 25.5. The molecule has 5 heteroatoms. The van der Waals surface area contributed by atoms with E-state index >= 15 is 0 Å². The maximum Gasteiger partial charge on any atom is 0.300 e. The number of nitrogens with zero attached hydrogens (tertiary/aromatic N) is 1. The van der Waals surface area contributed by atoms with Gasteiger partial charge < -0.3 is 9.84 Å². The van der Waals surface area contributed by atoms with Crippen LogP contribution in [-0.2, 0) is 9.59 Å². The Morgan fingerprint density at radius 2 is 1.54 bits per heavy atom. The van der Waals surface area contributed by atoms with Gasteiger partial charge in [0.15, 0.2) is 0 Å². The molecule has 0 spiro atoms. The first-order chi connectivity index (χ1) is 16.9. The first-order valence-corrected chi connectivity index (χ1v) is 11.4. The molecule has 174 valence electrons. The summed E-state index contributed by atoms with van der Waals surface area (Å²) in [6.45, 7) is 3.89. The van der Waals surface area contributed by atoms with Crippen LogP contribution in [0.25, 0.3) is 16.5 Å². The molecular weight excluding hydrogens is 438 g/mol. The van der Waals surface area contributed by atoms with Crippen molar-refractivity contribution in [1.82, 2.24) is 0 Å². The van der Waals surface area contributed by atoms with Gasteiger partial charge in [0.05, 0.1) is 18.7 Å². The summed E-state index contributed by atoms with van der Waals surface area (Å²) in [6.07, 6.45) is 0. The number of fused-ring (bicyclic) bond motifs is 1. The lowest BCUT2D eigenvalue weighted by Gasteiger charge is -2.26. The second-order valence-electron chi connectivity index (χ2n) is 8.85. The van der Waals surface area contributed by atoms with E-state index in [1.165, 1.54) is 4.90 Å². The van der Waals surface area contributed by atoms with E-state index in [1.54, 1.807) is 25.3 Å². The highest BCUT2D eigenvalue weighted by atomic mass is 16.5. The van der Waals surface area contributed by atoms with Crippen LogP contribution in [0.3, 0.4) is 0 Å². The highest BCUT2D eigenvalue weighted by Crippen LogP contribution is 2.43. The number of hydrogen-bond donors (Lipinski definition) is 1. The Labute approximate surface area is 203 Å². The van der Waals surface area contributed by atoms with Gasteiger partial charge >= 0.3 is 0 Å². The highest BCUT2D eigenvalue weighted by molar-refractivity contribution is 6.51. The first kappa shape index (κ1) is 22.4. The molecular formula is C30H25NO4. The van der Waals surface area contributed by atoms with Crippen molar-refractivity contribution in [2.75, 3.05) is 12.0 Å². The molecule has 1 N–H and O–H groups in total. The molecule has 0 saturated carbocycles. The van der Waals surface area contributed by atoms with Gasteiger partial charge in [-0.3, -0.25) is 14.5 Å². The number of aryl methyl sites for hydroxylation is 2. The third kappa shape index (κ3) is 3.95. The van der Waals surface area contributed by atoms with Crippen molar-refractivity contribution in [3.05, 3.63) is 113 Å². The van der Waals surface area contributed by atoms with Crippen molar-refractivity contribution in [2.45, 2.75) is 19.9 Å². The number of anilines is 1. The summed E-state index contributed by atoms with van der Waals surface area (Å²) in [4.78, 5) is 28.3. The van der Waals surface area contributed by atoms with E-state index in [-0.39, 0.29) is 11.3 Å². The van der Waals surface area contributed by atoms with Crippen LogP contribution < -0.4 is 9.64 Å². The van der Waals surface area contributed by atoms with Crippen LogP contribution in [0.1, 0.15) is 28.3 Å². The molecule has 1 aliphatic heterocycles. The van der Waals surface area contributed by atoms with E-state index in [0.29, 0.717) is 22.6 Å². The Balaban J connectivity index is 1.75. The second kappa shape index (κ2) is 8.76. The topological polar surface area (TPSA) is 66.8 Å². The fourth-order valence-corrected chi connectivity index (χ4v) is 4.81. The molecule has 1 saturated heterocycles.